The van der Waals surface area contributed by atoms with E-state index < -0.39 is 12.0 Å². The minimum atomic E-state index is -0.991. The third-order valence-corrected chi connectivity index (χ3v) is 3.58. The highest BCUT2D eigenvalue weighted by Crippen LogP contribution is 2.11. The molecule has 0 radical (unpaired) electrons. The van der Waals surface area contributed by atoms with E-state index in [1.54, 1.807) is 14.2 Å². The van der Waals surface area contributed by atoms with Crippen molar-refractivity contribution in [2.45, 2.75) is 38.3 Å². The second-order valence-electron chi connectivity index (χ2n) is 5.13. The Morgan fingerprint density at radius 3 is 2.43 bits per heavy atom. The van der Waals surface area contributed by atoms with Gasteiger partial charge in [-0.25, -0.2) is 4.79 Å². The van der Waals surface area contributed by atoms with Gasteiger partial charge in [-0.1, -0.05) is 30.3 Å². The Labute approximate surface area is 125 Å². The summed E-state index contributed by atoms with van der Waals surface area (Å²) in [5.41, 5.74) is 0.898. The van der Waals surface area contributed by atoms with Crippen molar-refractivity contribution >= 4 is 11.9 Å². The molecule has 2 atom stereocenters. The van der Waals surface area contributed by atoms with Crippen molar-refractivity contribution in [3.05, 3.63) is 35.9 Å². The summed E-state index contributed by atoms with van der Waals surface area (Å²) < 4.78 is 5.10. The molecular weight excluding hydrogens is 270 g/mol. The quantitative estimate of drug-likeness (QED) is 0.795. The monoisotopic (exact) mass is 293 g/mol. The first kappa shape index (κ1) is 17.2. The number of methoxy groups -OCH3 is 1. The molecule has 2 unspecified atom stereocenters. The molecule has 0 spiro atoms. The van der Waals surface area contributed by atoms with Gasteiger partial charge in [0.25, 0.3) is 0 Å². The first-order valence-electron chi connectivity index (χ1n) is 7.01. The largest absolute Gasteiger partial charge is 0.480 e. The molecule has 1 aromatic rings. The Morgan fingerprint density at radius 2 is 1.90 bits per heavy atom. The van der Waals surface area contributed by atoms with Crippen LogP contribution in [-0.2, 0) is 20.7 Å². The molecule has 0 aliphatic heterocycles. The van der Waals surface area contributed by atoms with Crippen LogP contribution in [0.25, 0.3) is 0 Å². The summed E-state index contributed by atoms with van der Waals surface area (Å²) >= 11 is 0. The Hall–Kier alpha value is -1.88. The van der Waals surface area contributed by atoms with E-state index in [2.05, 4.69) is 0 Å². The van der Waals surface area contributed by atoms with Crippen molar-refractivity contribution < 1.29 is 19.4 Å². The zero-order chi connectivity index (χ0) is 15.8. The predicted molar refractivity (Wildman–Crippen MR) is 80.0 cm³/mol. The number of ether oxygens (including phenoxy) is 1. The van der Waals surface area contributed by atoms with Gasteiger partial charge < -0.3 is 14.7 Å². The van der Waals surface area contributed by atoms with Crippen LogP contribution in [0.15, 0.2) is 30.3 Å². The van der Waals surface area contributed by atoms with Gasteiger partial charge in [-0.15, -0.1) is 0 Å². The molecule has 5 heteroatoms. The molecule has 1 rings (SSSR count). The Balaban J connectivity index is 2.67. The summed E-state index contributed by atoms with van der Waals surface area (Å²) in [5, 5.41) is 9.36. The van der Waals surface area contributed by atoms with E-state index in [0.717, 1.165) is 5.56 Å². The lowest BCUT2D eigenvalue weighted by molar-refractivity contribution is -0.149. The molecule has 116 valence electrons. The van der Waals surface area contributed by atoms with E-state index in [1.807, 2.05) is 37.3 Å². The lowest BCUT2D eigenvalue weighted by Gasteiger charge is -2.25. The summed E-state index contributed by atoms with van der Waals surface area (Å²) in [5.74, 6) is -1.17. The zero-order valence-corrected chi connectivity index (χ0v) is 12.8. The average Bonchev–Trinajstić information content (AvgIpc) is 2.49. The predicted octanol–water partition coefficient (Wildman–Crippen LogP) is 1.96. The second kappa shape index (κ2) is 8.42. The Morgan fingerprint density at radius 1 is 1.29 bits per heavy atom. The minimum absolute atomic E-state index is 0.0141. The van der Waals surface area contributed by atoms with Gasteiger partial charge in [0.2, 0.25) is 5.91 Å². The highest BCUT2D eigenvalue weighted by atomic mass is 16.5. The maximum atomic E-state index is 12.1. The number of carboxylic acids is 1. The molecule has 0 saturated heterocycles. The molecule has 21 heavy (non-hydrogen) atoms. The summed E-state index contributed by atoms with van der Waals surface area (Å²) in [4.78, 5) is 24.8. The highest BCUT2D eigenvalue weighted by Gasteiger charge is 2.26. The molecule has 0 bridgehead atoms. The van der Waals surface area contributed by atoms with Gasteiger partial charge in [-0.3, -0.25) is 4.79 Å². The van der Waals surface area contributed by atoms with Gasteiger partial charge in [0.15, 0.2) is 0 Å². The minimum Gasteiger partial charge on any atom is -0.480 e. The molecule has 1 N–H and O–H groups in total. The van der Waals surface area contributed by atoms with Gasteiger partial charge in [-0.05, 0) is 18.9 Å². The fourth-order valence-corrected chi connectivity index (χ4v) is 2.02. The molecule has 5 nitrogen and oxygen atoms in total. The van der Waals surface area contributed by atoms with Crippen LogP contribution in [0.3, 0.4) is 0 Å². The van der Waals surface area contributed by atoms with Crippen LogP contribution in [-0.4, -0.2) is 48.2 Å². The number of likely N-dealkylation sites (N-methyl/N-ethyl adjacent to an activating group) is 1. The van der Waals surface area contributed by atoms with Crippen molar-refractivity contribution in [3.8, 4) is 0 Å². The van der Waals surface area contributed by atoms with Crippen LogP contribution in [0.4, 0.5) is 0 Å². The molecular formula is C16H23NO4. The average molecular weight is 293 g/mol. The number of hydrogen-bond donors (Lipinski definition) is 1. The number of carboxylic acid groups (broad SMARTS) is 1. The Bertz CT molecular complexity index is 461. The lowest BCUT2D eigenvalue weighted by Crippen LogP contribution is -2.44. The van der Waals surface area contributed by atoms with Crippen molar-refractivity contribution in [1.82, 2.24) is 4.90 Å². The lowest BCUT2D eigenvalue weighted by atomic mass is 10.0. The van der Waals surface area contributed by atoms with Crippen molar-refractivity contribution in [2.24, 2.45) is 0 Å². The fraction of sp³-hybridized carbons (Fsp3) is 0.500. The summed E-state index contributed by atoms with van der Waals surface area (Å²) in [6, 6.07) is 8.47. The number of aliphatic carboxylic acids is 1. The van der Waals surface area contributed by atoms with Crippen molar-refractivity contribution in [2.75, 3.05) is 14.2 Å². The van der Waals surface area contributed by atoms with Gasteiger partial charge >= 0.3 is 5.97 Å². The maximum Gasteiger partial charge on any atom is 0.326 e. The third-order valence-electron chi connectivity index (χ3n) is 3.58. The van der Waals surface area contributed by atoms with E-state index in [4.69, 9.17) is 4.74 Å². The first-order valence-corrected chi connectivity index (χ1v) is 7.01. The normalized spacial score (nSPS) is 13.5. The number of amides is 1. The molecule has 0 aliphatic carbocycles. The number of carbonyl (C=O) groups is 2. The number of carbonyl (C=O) groups excluding carboxylic acids is 1. The summed E-state index contributed by atoms with van der Waals surface area (Å²) in [6.45, 7) is 1.88. The van der Waals surface area contributed by atoms with Crippen LogP contribution in [0.1, 0.15) is 25.3 Å². The molecule has 0 aromatic heterocycles. The van der Waals surface area contributed by atoms with Gasteiger partial charge in [0, 0.05) is 27.0 Å². The van der Waals surface area contributed by atoms with E-state index >= 15 is 0 Å². The van der Waals surface area contributed by atoms with Crippen LogP contribution >= 0.6 is 0 Å². The van der Waals surface area contributed by atoms with Crippen molar-refractivity contribution in [1.29, 1.82) is 0 Å². The van der Waals surface area contributed by atoms with Gasteiger partial charge in [-0.2, -0.15) is 0 Å². The van der Waals surface area contributed by atoms with E-state index in [-0.39, 0.29) is 18.4 Å². The molecule has 0 saturated carbocycles. The van der Waals surface area contributed by atoms with Gasteiger partial charge in [0.1, 0.15) is 6.04 Å². The van der Waals surface area contributed by atoms with Crippen LogP contribution in [0.5, 0.6) is 0 Å². The van der Waals surface area contributed by atoms with Gasteiger partial charge in [0.05, 0.1) is 6.10 Å². The number of hydrogen-bond acceptors (Lipinski definition) is 3. The molecule has 1 aromatic carbocycles. The zero-order valence-electron chi connectivity index (χ0n) is 12.8. The second-order valence-corrected chi connectivity index (χ2v) is 5.13. The molecule has 0 heterocycles. The number of nitrogens with zero attached hydrogens (tertiary/aromatic N) is 1. The van der Waals surface area contributed by atoms with E-state index in [9.17, 15) is 14.7 Å². The standard InChI is InChI=1S/C16H23NO4/c1-12(21-3)9-10-15(18)17(2)14(16(19)20)11-13-7-5-4-6-8-13/h4-8,12,14H,9-11H2,1-3H3,(H,19,20). The first-order chi connectivity index (χ1) is 9.95. The SMILES string of the molecule is COC(C)CCC(=O)N(C)C(Cc1ccccc1)C(=O)O. The Kier molecular flexibility index (Phi) is 6.88. The van der Waals surface area contributed by atoms with E-state index in [0.29, 0.717) is 12.8 Å². The molecule has 1 amide bonds. The third kappa shape index (κ3) is 5.55. The molecule has 0 fully saturated rings. The topological polar surface area (TPSA) is 66.8 Å². The van der Waals surface area contributed by atoms with E-state index in [1.165, 1.54) is 4.90 Å². The fourth-order valence-electron chi connectivity index (χ4n) is 2.02. The highest BCUT2D eigenvalue weighted by molar-refractivity contribution is 5.83. The maximum absolute atomic E-state index is 12.1. The number of rotatable bonds is 8. The smallest absolute Gasteiger partial charge is 0.326 e. The summed E-state index contributed by atoms with van der Waals surface area (Å²) in [7, 11) is 3.13. The summed E-state index contributed by atoms with van der Waals surface area (Å²) in [6.07, 6.45) is 1.15. The van der Waals surface area contributed by atoms with Crippen LogP contribution < -0.4 is 0 Å². The molecule has 0 aliphatic rings. The van der Waals surface area contributed by atoms with Crippen LogP contribution in [0.2, 0.25) is 0 Å². The van der Waals surface area contributed by atoms with Crippen LogP contribution in [0, 0.1) is 0 Å². The van der Waals surface area contributed by atoms with Crippen molar-refractivity contribution in [3.63, 3.8) is 0 Å². The number of benzene rings is 1.